The predicted octanol–water partition coefficient (Wildman–Crippen LogP) is 4.24. The van der Waals surface area contributed by atoms with Crippen molar-refractivity contribution >= 4 is 11.8 Å². The summed E-state index contributed by atoms with van der Waals surface area (Å²) < 4.78 is 0. The van der Waals surface area contributed by atoms with Gasteiger partial charge in [-0.05, 0) is 29.2 Å². The summed E-state index contributed by atoms with van der Waals surface area (Å²) in [7, 11) is 0. The SMILES string of the molecule is CC(C)C1=C(C(C)C)S[C@@H](C)C=C1. The fourth-order valence-corrected chi connectivity index (χ4v) is 2.84. The Hall–Kier alpha value is -0.170. The molecule has 0 radical (unpaired) electrons. The molecule has 74 valence electrons. The second-order valence-corrected chi connectivity index (χ2v) is 5.73. The Morgan fingerprint density at radius 1 is 1.15 bits per heavy atom. The maximum Gasteiger partial charge on any atom is 0.0246 e. The number of hydrogen-bond donors (Lipinski definition) is 0. The minimum Gasteiger partial charge on any atom is -0.123 e. The maximum absolute atomic E-state index is 2.32. The first-order valence-electron chi connectivity index (χ1n) is 5.11. The summed E-state index contributed by atoms with van der Waals surface area (Å²) in [5, 5.41) is 0.653. The molecule has 0 saturated heterocycles. The average molecular weight is 196 g/mol. The third kappa shape index (κ3) is 2.63. The summed E-state index contributed by atoms with van der Waals surface area (Å²) in [5.74, 6) is 1.34. The first-order valence-corrected chi connectivity index (χ1v) is 5.99. The van der Waals surface area contributed by atoms with Crippen molar-refractivity contribution in [3.63, 3.8) is 0 Å². The van der Waals surface area contributed by atoms with Crippen molar-refractivity contribution in [2.45, 2.75) is 39.9 Å². The molecule has 1 rings (SSSR count). The highest BCUT2D eigenvalue weighted by atomic mass is 32.2. The summed E-state index contributed by atoms with van der Waals surface area (Å²) in [4.78, 5) is 1.59. The highest BCUT2D eigenvalue weighted by Gasteiger charge is 2.18. The Kier molecular flexibility index (Phi) is 3.66. The molecule has 0 spiro atoms. The van der Waals surface area contributed by atoms with Crippen LogP contribution in [0, 0.1) is 11.8 Å². The van der Waals surface area contributed by atoms with E-state index in [1.54, 1.807) is 4.91 Å². The van der Waals surface area contributed by atoms with E-state index in [1.165, 1.54) is 5.57 Å². The van der Waals surface area contributed by atoms with Crippen LogP contribution in [0.2, 0.25) is 0 Å². The van der Waals surface area contributed by atoms with Crippen LogP contribution in [-0.4, -0.2) is 5.25 Å². The van der Waals surface area contributed by atoms with Gasteiger partial charge in [-0.15, -0.1) is 11.8 Å². The third-order valence-electron chi connectivity index (χ3n) is 2.29. The van der Waals surface area contributed by atoms with Gasteiger partial charge in [-0.25, -0.2) is 0 Å². The molecule has 0 fully saturated rings. The topological polar surface area (TPSA) is 0 Å². The average Bonchev–Trinajstić information content (AvgIpc) is 2.03. The van der Waals surface area contributed by atoms with Gasteiger partial charge in [0.1, 0.15) is 0 Å². The molecule has 0 bridgehead atoms. The summed E-state index contributed by atoms with van der Waals surface area (Å²) in [6.07, 6.45) is 4.63. The molecule has 1 aliphatic rings. The lowest BCUT2D eigenvalue weighted by Gasteiger charge is -2.24. The minimum atomic E-state index is 0.653. The van der Waals surface area contributed by atoms with E-state index >= 15 is 0 Å². The third-order valence-corrected chi connectivity index (χ3v) is 3.78. The van der Waals surface area contributed by atoms with E-state index in [9.17, 15) is 0 Å². The van der Waals surface area contributed by atoms with Gasteiger partial charge in [-0.2, -0.15) is 0 Å². The van der Waals surface area contributed by atoms with Crippen molar-refractivity contribution < 1.29 is 0 Å². The fraction of sp³-hybridized carbons (Fsp3) is 0.667. The van der Waals surface area contributed by atoms with Gasteiger partial charge in [0.25, 0.3) is 0 Å². The van der Waals surface area contributed by atoms with Crippen molar-refractivity contribution in [2.75, 3.05) is 0 Å². The van der Waals surface area contributed by atoms with Gasteiger partial charge in [0, 0.05) is 5.25 Å². The second kappa shape index (κ2) is 4.36. The molecular formula is C12H20S. The molecule has 0 aromatic heterocycles. The normalized spacial score (nSPS) is 23.5. The molecule has 0 aromatic rings. The van der Waals surface area contributed by atoms with Crippen molar-refractivity contribution in [2.24, 2.45) is 11.8 Å². The first-order chi connectivity index (χ1) is 6.02. The van der Waals surface area contributed by atoms with Gasteiger partial charge in [-0.3, -0.25) is 0 Å². The lowest BCUT2D eigenvalue weighted by atomic mass is 9.97. The van der Waals surface area contributed by atoms with Gasteiger partial charge in [0.15, 0.2) is 0 Å². The molecule has 0 saturated carbocycles. The van der Waals surface area contributed by atoms with E-state index in [0.29, 0.717) is 17.1 Å². The van der Waals surface area contributed by atoms with Crippen LogP contribution in [0.15, 0.2) is 22.6 Å². The molecule has 0 aromatic carbocycles. The van der Waals surface area contributed by atoms with Crippen molar-refractivity contribution in [3.05, 3.63) is 22.6 Å². The Morgan fingerprint density at radius 2 is 1.77 bits per heavy atom. The van der Waals surface area contributed by atoms with Crippen LogP contribution >= 0.6 is 11.8 Å². The van der Waals surface area contributed by atoms with Gasteiger partial charge in [-0.1, -0.05) is 39.8 Å². The highest BCUT2D eigenvalue weighted by molar-refractivity contribution is 8.03. The smallest absolute Gasteiger partial charge is 0.0246 e. The van der Waals surface area contributed by atoms with Crippen molar-refractivity contribution in [3.8, 4) is 0 Å². The molecule has 0 N–H and O–H groups in total. The van der Waals surface area contributed by atoms with Crippen molar-refractivity contribution in [1.29, 1.82) is 0 Å². The summed E-state index contributed by atoms with van der Waals surface area (Å²) in [5.41, 5.74) is 1.54. The molecule has 0 nitrogen and oxygen atoms in total. The lowest BCUT2D eigenvalue weighted by molar-refractivity contribution is 0.736. The Bertz CT molecular complexity index is 234. The van der Waals surface area contributed by atoms with E-state index in [4.69, 9.17) is 0 Å². The van der Waals surface area contributed by atoms with Gasteiger partial charge in [0.05, 0.1) is 0 Å². The fourth-order valence-electron chi connectivity index (χ4n) is 1.58. The molecule has 1 heteroatoms. The van der Waals surface area contributed by atoms with E-state index in [-0.39, 0.29) is 0 Å². The number of thioether (sulfide) groups is 1. The number of hydrogen-bond acceptors (Lipinski definition) is 1. The van der Waals surface area contributed by atoms with Gasteiger partial charge >= 0.3 is 0 Å². The molecule has 1 atom stereocenters. The van der Waals surface area contributed by atoms with E-state index in [2.05, 4.69) is 46.8 Å². The van der Waals surface area contributed by atoms with E-state index in [0.717, 1.165) is 0 Å². The van der Waals surface area contributed by atoms with Crippen LogP contribution in [0.1, 0.15) is 34.6 Å². The van der Waals surface area contributed by atoms with Gasteiger partial charge in [0.2, 0.25) is 0 Å². The zero-order chi connectivity index (χ0) is 10.0. The minimum absolute atomic E-state index is 0.653. The molecule has 0 amide bonds. The maximum atomic E-state index is 2.32. The van der Waals surface area contributed by atoms with Crippen LogP contribution in [0.4, 0.5) is 0 Å². The largest absolute Gasteiger partial charge is 0.123 e. The van der Waals surface area contributed by atoms with E-state index in [1.807, 2.05) is 11.8 Å². The standard InChI is InChI=1S/C12H20S/c1-8(2)11-7-6-10(5)13-12(11)9(3)4/h6-10H,1-5H3/t10-/m0/s1. The zero-order valence-corrected chi connectivity index (χ0v) is 10.1. The highest BCUT2D eigenvalue weighted by Crippen LogP contribution is 2.38. The summed E-state index contributed by atoms with van der Waals surface area (Å²) in [6.45, 7) is 11.4. The Labute approximate surface area is 86.5 Å². The molecular weight excluding hydrogens is 176 g/mol. The number of allylic oxidation sites excluding steroid dienone is 3. The van der Waals surface area contributed by atoms with Crippen molar-refractivity contribution in [1.82, 2.24) is 0 Å². The van der Waals surface area contributed by atoms with Crippen LogP contribution in [0.5, 0.6) is 0 Å². The summed E-state index contributed by atoms with van der Waals surface area (Å²) >= 11 is 2.02. The molecule has 0 aliphatic carbocycles. The Balaban J connectivity index is 2.95. The van der Waals surface area contributed by atoms with Crippen LogP contribution in [0.3, 0.4) is 0 Å². The molecule has 1 aliphatic heterocycles. The monoisotopic (exact) mass is 196 g/mol. The second-order valence-electron chi connectivity index (χ2n) is 4.31. The van der Waals surface area contributed by atoms with Crippen LogP contribution in [-0.2, 0) is 0 Å². The molecule has 1 heterocycles. The van der Waals surface area contributed by atoms with Crippen LogP contribution < -0.4 is 0 Å². The zero-order valence-electron chi connectivity index (χ0n) is 9.29. The van der Waals surface area contributed by atoms with Crippen LogP contribution in [0.25, 0.3) is 0 Å². The first kappa shape index (κ1) is 10.9. The lowest BCUT2D eigenvalue weighted by Crippen LogP contribution is -2.08. The molecule has 13 heavy (non-hydrogen) atoms. The number of rotatable bonds is 2. The van der Waals surface area contributed by atoms with E-state index < -0.39 is 0 Å². The Morgan fingerprint density at radius 3 is 2.23 bits per heavy atom. The predicted molar refractivity (Wildman–Crippen MR) is 62.9 cm³/mol. The quantitative estimate of drug-likeness (QED) is 0.636. The van der Waals surface area contributed by atoms with Gasteiger partial charge < -0.3 is 0 Å². The molecule has 0 unspecified atom stereocenters. The summed E-state index contributed by atoms with van der Waals surface area (Å²) in [6, 6.07) is 0.